The summed E-state index contributed by atoms with van der Waals surface area (Å²) in [5.41, 5.74) is 1.81. The number of rotatable bonds is 4. The van der Waals surface area contributed by atoms with E-state index in [0.717, 1.165) is 5.56 Å². The van der Waals surface area contributed by atoms with E-state index >= 15 is 0 Å². The Balaban J connectivity index is 2.05. The summed E-state index contributed by atoms with van der Waals surface area (Å²) >= 11 is 0. The lowest BCUT2D eigenvalue weighted by atomic mass is 10.1. The van der Waals surface area contributed by atoms with Crippen LogP contribution in [0, 0.1) is 0 Å². The van der Waals surface area contributed by atoms with Gasteiger partial charge in [-0.3, -0.25) is 9.69 Å². The van der Waals surface area contributed by atoms with E-state index in [1.165, 1.54) is 14.2 Å². The number of amides is 1. The molecule has 1 aliphatic heterocycles. The molecule has 0 aliphatic carbocycles. The van der Waals surface area contributed by atoms with Gasteiger partial charge in [-0.15, -0.1) is 0 Å². The first-order valence-electron chi connectivity index (χ1n) is 7.41. The average Bonchev–Trinajstić information content (AvgIpc) is 2.63. The third kappa shape index (κ3) is 2.90. The van der Waals surface area contributed by atoms with Gasteiger partial charge in [0, 0.05) is 0 Å². The predicted octanol–water partition coefficient (Wildman–Crippen LogP) is 2.41. The van der Waals surface area contributed by atoms with Crippen LogP contribution in [0.1, 0.15) is 15.9 Å². The molecule has 0 radical (unpaired) electrons. The summed E-state index contributed by atoms with van der Waals surface area (Å²) < 4.78 is 15.6. The topological polar surface area (TPSA) is 65.1 Å². The van der Waals surface area contributed by atoms with Crippen molar-refractivity contribution >= 4 is 17.6 Å². The zero-order valence-electron chi connectivity index (χ0n) is 13.4. The molecule has 0 spiro atoms. The average molecular weight is 327 g/mol. The molecule has 2 aromatic rings. The molecule has 0 saturated carbocycles. The summed E-state index contributed by atoms with van der Waals surface area (Å²) in [6.45, 7) is 0.303. The zero-order chi connectivity index (χ0) is 17.1. The van der Waals surface area contributed by atoms with E-state index in [2.05, 4.69) is 0 Å². The SMILES string of the molecule is COC(=O)c1cc(OC)c2c(c1)OCC(=O)N2Cc1ccccc1. The third-order valence-corrected chi connectivity index (χ3v) is 3.79. The number of hydrogen-bond donors (Lipinski definition) is 0. The monoisotopic (exact) mass is 327 g/mol. The Labute approximate surface area is 139 Å². The van der Waals surface area contributed by atoms with Gasteiger partial charge < -0.3 is 14.2 Å². The molecule has 124 valence electrons. The maximum absolute atomic E-state index is 12.4. The molecule has 6 heteroatoms. The van der Waals surface area contributed by atoms with Gasteiger partial charge in [0.25, 0.3) is 5.91 Å². The molecule has 0 atom stereocenters. The molecule has 24 heavy (non-hydrogen) atoms. The molecule has 1 amide bonds. The Hall–Kier alpha value is -3.02. The summed E-state index contributed by atoms with van der Waals surface area (Å²) in [6, 6.07) is 12.7. The van der Waals surface area contributed by atoms with Gasteiger partial charge in [0.15, 0.2) is 6.61 Å². The van der Waals surface area contributed by atoms with E-state index in [4.69, 9.17) is 14.2 Å². The van der Waals surface area contributed by atoms with Gasteiger partial charge in [0.1, 0.15) is 17.2 Å². The first-order chi connectivity index (χ1) is 11.6. The normalized spacial score (nSPS) is 13.1. The van der Waals surface area contributed by atoms with Crippen molar-refractivity contribution in [2.24, 2.45) is 0 Å². The molecule has 2 aromatic carbocycles. The number of nitrogens with zero attached hydrogens (tertiary/aromatic N) is 1. The minimum Gasteiger partial charge on any atom is -0.494 e. The lowest BCUT2D eigenvalue weighted by Gasteiger charge is -2.31. The Morgan fingerprint density at radius 1 is 1.21 bits per heavy atom. The van der Waals surface area contributed by atoms with Crippen molar-refractivity contribution in [3.8, 4) is 11.5 Å². The second-order valence-electron chi connectivity index (χ2n) is 5.27. The maximum Gasteiger partial charge on any atom is 0.338 e. The van der Waals surface area contributed by atoms with Gasteiger partial charge in [0.2, 0.25) is 0 Å². The van der Waals surface area contributed by atoms with Crippen molar-refractivity contribution in [1.29, 1.82) is 0 Å². The smallest absolute Gasteiger partial charge is 0.338 e. The number of fused-ring (bicyclic) bond motifs is 1. The zero-order valence-corrected chi connectivity index (χ0v) is 13.4. The van der Waals surface area contributed by atoms with Gasteiger partial charge in [-0.1, -0.05) is 30.3 Å². The summed E-state index contributed by atoms with van der Waals surface area (Å²) in [6.07, 6.45) is 0. The first kappa shape index (κ1) is 15.9. The summed E-state index contributed by atoms with van der Waals surface area (Å²) in [5.74, 6) is 0.142. The largest absolute Gasteiger partial charge is 0.494 e. The number of methoxy groups -OCH3 is 2. The highest BCUT2D eigenvalue weighted by molar-refractivity contribution is 6.01. The molecule has 3 rings (SSSR count). The molecule has 0 aromatic heterocycles. The van der Waals surface area contributed by atoms with Crippen molar-refractivity contribution in [3.05, 3.63) is 53.6 Å². The summed E-state index contributed by atoms with van der Waals surface area (Å²) in [4.78, 5) is 25.8. The molecule has 0 bridgehead atoms. The fourth-order valence-electron chi connectivity index (χ4n) is 2.62. The van der Waals surface area contributed by atoms with Crippen LogP contribution in [0.25, 0.3) is 0 Å². The molecule has 1 aliphatic rings. The van der Waals surface area contributed by atoms with Crippen LogP contribution >= 0.6 is 0 Å². The summed E-state index contributed by atoms with van der Waals surface area (Å²) in [5, 5.41) is 0. The van der Waals surface area contributed by atoms with Crippen LogP contribution in [-0.4, -0.2) is 32.7 Å². The number of carbonyl (C=O) groups is 2. The molecule has 1 heterocycles. The van der Waals surface area contributed by atoms with Crippen LogP contribution in [0.5, 0.6) is 11.5 Å². The Kier molecular flexibility index (Phi) is 4.37. The van der Waals surface area contributed by atoms with E-state index < -0.39 is 5.97 Å². The van der Waals surface area contributed by atoms with E-state index in [1.807, 2.05) is 30.3 Å². The number of esters is 1. The highest BCUT2D eigenvalue weighted by Gasteiger charge is 2.30. The van der Waals surface area contributed by atoms with Crippen LogP contribution < -0.4 is 14.4 Å². The van der Waals surface area contributed by atoms with E-state index in [0.29, 0.717) is 29.3 Å². The predicted molar refractivity (Wildman–Crippen MR) is 87.5 cm³/mol. The first-order valence-corrected chi connectivity index (χ1v) is 7.41. The second kappa shape index (κ2) is 6.62. The number of hydrogen-bond acceptors (Lipinski definition) is 5. The fraction of sp³-hybridized carbons (Fsp3) is 0.222. The van der Waals surface area contributed by atoms with Crippen molar-refractivity contribution in [2.45, 2.75) is 6.54 Å². The Morgan fingerprint density at radius 3 is 2.62 bits per heavy atom. The number of anilines is 1. The number of ether oxygens (including phenoxy) is 3. The number of benzene rings is 2. The lowest BCUT2D eigenvalue weighted by molar-refractivity contribution is -0.121. The van der Waals surface area contributed by atoms with E-state index in [-0.39, 0.29) is 12.5 Å². The summed E-state index contributed by atoms with van der Waals surface area (Å²) in [7, 11) is 2.79. The molecule has 6 nitrogen and oxygen atoms in total. The van der Waals surface area contributed by atoms with Crippen molar-refractivity contribution in [1.82, 2.24) is 0 Å². The highest BCUT2D eigenvalue weighted by atomic mass is 16.5. The highest BCUT2D eigenvalue weighted by Crippen LogP contribution is 2.42. The standard InChI is InChI=1S/C18H17NO5/c1-22-14-8-13(18(21)23-2)9-15-17(14)19(16(20)11-24-15)10-12-6-4-3-5-7-12/h3-9H,10-11H2,1-2H3. The maximum atomic E-state index is 12.4. The lowest BCUT2D eigenvalue weighted by Crippen LogP contribution is -2.38. The van der Waals surface area contributed by atoms with Crippen LogP contribution in [-0.2, 0) is 16.1 Å². The van der Waals surface area contributed by atoms with Gasteiger partial charge in [-0.2, -0.15) is 0 Å². The number of carbonyl (C=O) groups excluding carboxylic acids is 2. The van der Waals surface area contributed by atoms with Crippen molar-refractivity contribution in [3.63, 3.8) is 0 Å². The van der Waals surface area contributed by atoms with Crippen molar-refractivity contribution in [2.75, 3.05) is 25.7 Å². The Morgan fingerprint density at radius 2 is 1.96 bits per heavy atom. The minimum atomic E-state index is -0.494. The molecule has 0 fully saturated rings. The molecule has 0 saturated heterocycles. The molecule has 0 N–H and O–H groups in total. The second-order valence-corrected chi connectivity index (χ2v) is 5.27. The molecular weight excluding hydrogens is 310 g/mol. The van der Waals surface area contributed by atoms with Gasteiger partial charge in [0.05, 0.1) is 26.3 Å². The van der Waals surface area contributed by atoms with Crippen LogP contribution in [0.3, 0.4) is 0 Å². The van der Waals surface area contributed by atoms with Crippen LogP contribution in [0.4, 0.5) is 5.69 Å². The molecule has 0 unspecified atom stereocenters. The van der Waals surface area contributed by atoms with Gasteiger partial charge in [-0.25, -0.2) is 4.79 Å². The van der Waals surface area contributed by atoms with Crippen LogP contribution in [0.15, 0.2) is 42.5 Å². The van der Waals surface area contributed by atoms with Gasteiger partial charge in [-0.05, 0) is 17.7 Å². The van der Waals surface area contributed by atoms with E-state index in [9.17, 15) is 9.59 Å². The fourth-order valence-corrected chi connectivity index (χ4v) is 2.62. The van der Waals surface area contributed by atoms with Crippen molar-refractivity contribution < 1.29 is 23.8 Å². The Bertz CT molecular complexity index is 755. The third-order valence-electron chi connectivity index (χ3n) is 3.79. The molecular formula is C18H17NO5. The van der Waals surface area contributed by atoms with Gasteiger partial charge >= 0.3 is 5.97 Å². The van der Waals surface area contributed by atoms with E-state index in [1.54, 1.807) is 17.0 Å². The quantitative estimate of drug-likeness (QED) is 0.807. The van der Waals surface area contributed by atoms with Crippen LogP contribution in [0.2, 0.25) is 0 Å². The minimum absolute atomic E-state index is 0.0897.